The highest BCUT2D eigenvalue weighted by atomic mass is 16.4. The first kappa shape index (κ1) is 14.1. The van der Waals surface area contributed by atoms with Crippen molar-refractivity contribution in [3.63, 3.8) is 0 Å². The molecule has 0 aromatic carbocycles. The van der Waals surface area contributed by atoms with Crippen molar-refractivity contribution in [2.24, 2.45) is 5.41 Å². The number of aliphatic carboxylic acids is 1. The zero-order valence-electron chi connectivity index (χ0n) is 10.7. The van der Waals surface area contributed by atoms with Crippen LogP contribution in [0.1, 0.15) is 26.5 Å². The van der Waals surface area contributed by atoms with E-state index >= 15 is 0 Å². The van der Waals surface area contributed by atoms with E-state index in [1.165, 1.54) is 6.26 Å². The quantitative estimate of drug-likeness (QED) is 0.760. The van der Waals surface area contributed by atoms with Crippen molar-refractivity contribution in [1.82, 2.24) is 10.6 Å². The van der Waals surface area contributed by atoms with Gasteiger partial charge < -0.3 is 20.2 Å². The summed E-state index contributed by atoms with van der Waals surface area (Å²) in [5.41, 5.74) is -0.562. The lowest BCUT2D eigenvalue weighted by Crippen LogP contribution is -2.52. The van der Waals surface area contributed by atoms with Crippen molar-refractivity contribution in [2.75, 3.05) is 0 Å². The van der Waals surface area contributed by atoms with Crippen molar-refractivity contribution in [3.05, 3.63) is 24.2 Å². The van der Waals surface area contributed by atoms with Crippen LogP contribution in [-0.4, -0.2) is 23.1 Å². The summed E-state index contributed by atoms with van der Waals surface area (Å²) in [6.45, 7) is 5.46. The Kier molecular flexibility index (Phi) is 4.36. The summed E-state index contributed by atoms with van der Waals surface area (Å²) >= 11 is 0. The van der Waals surface area contributed by atoms with Crippen LogP contribution in [0.15, 0.2) is 22.8 Å². The van der Waals surface area contributed by atoms with Gasteiger partial charge in [-0.1, -0.05) is 20.8 Å². The fraction of sp³-hybridized carbons (Fsp3) is 0.500. The molecular formula is C12H18N2O4. The van der Waals surface area contributed by atoms with Gasteiger partial charge >= 0.3 is 12.0 Å². The summed E-state index contributed by atoms with van der Waals surface area (Å²) in [5, 5.41) is 14.0. The molecule has 1 rings (SSSR count). The van der Waals surface area contributed by atoms with E-state index in [0.29, 0.717) is 5.76 Å². The zero-order valence-corrected chi connectivity index (χ0v) is 10.7. The van der Waals surface area contributed by atoms with Gasteiger partial charge in [-0.05, 0) is 17.5 Å². The van der Waals surface area contributed by atoms with E-state index in [2.05, 4.69) is 10.6 Å². The number of hydrogen-bond donors (Lipinski definition) is 3. The third-order valence-corrected chi connectivity index (χ3v) is 2.39. The first-order valence-electron chi connectivity index (χ1n) is 5.60. The summed E-state index contributed by atoms with van der Waals surface area (Å²) in [4.78, 5) is 22.6. The summed E-state index contributed by atoms with van der Waals surface area (Å²) in [6.07, 6.45) is 1.50. The Balaban J connectivity index is 2.49. The lowest BCUT2D eigenvalue weighted by molar-refractivity contribution is -0.141. The molecule has 0 fully saturated rings. The van der Waals surface area contributed by atoms with Gasteiger partial charge in [0.25, 0.3) is 0 Å². The molecule has 6 nitrogen and oxygen atoms in total. The minimum absolute atomic E-state index is 0.218. The second-order valence-electron chi connectivity index (χ2n) is 5.04. The highest BCUT2D eigenvalue weighted by Gasteiger charge is 2.32. The monoisotopic (exact) mass is 254 g/mol. The fourth-order valence-corrected chi connectivity index (χ4v) is 1.41. The Morgan fingerprint density at radius 1 is 1.44 bits per heavy atom. The first-order valence-corrected chi connectivity index (χ1v) is 5.60. The Morgan fingerprint density at radius 2 is 2.11 bits per heavy atom. The third kappa shape index (κ3) is 4.12. The molecule has 0 spiro atoms. The highest BCUT2D eigenvalue weighted by Crippen LogP contribution is 2.19. The molecule has 6 heteroatoms. The Hall–Kier alpha value is -1.98. The van der Waals surface area contributed by atoms with Crippen LogP contribution in [0.25, 0.3) is 0 Å². The maximum absolute atomic E-state index is 11.6. The van der Waals surface area contributed by atoms with Crippen LogP contribution in [-0.2, 0) is 11.3 Å². The molecule has 1 atom stereocenters. The number of urea groups is 1. The highest BCUT2D eigenvalue weighted by molar-refractivity contribution is 5.83. The van der Waals surface area contributed by atoms with Gasteiger partial charge in [-0.2, -0.15) is 0 Å². The number of carbonyl (C=O) groups excluding carboxylic acids is 1. The number of amides is 2. The van der Waals surface area contributed by atoms with Crippen LogP contribution < -0.4 is 10.6 Å². The van der Waals surface area contributed by atoms with Crippen LogP contribution in [0.5, 0.6) is 0 Å². The SMILES string of the molecule is CC(C)(C)[C@@H](NC(=O)NCc1ccco1)C(=O)O. The van der Waals surface area contributed by atoms with Gasteiger partial charge in [0.2, 0.25) is 0 Å². The molecular weight excluding hydrogens is 236 g/mol. The molecule has 0 saturated heterocycles. The van der Waals surface area contributed by atoms with Gasteiger partial charge in [-0.3, -0.25) is 0 Å². The lowest BCUT2D eigenvalue weighted by atomic mass is 9.87. The van der Waals surface area contributed by atoms with Gasteiger partial charge in [-0.15, -0.1) is 0 Å². The molecule has 18 heavy (non-hydrogen) atoms. The normalized spacial score (nSPS) is 12.8. The zero-order chi connectivity index (χ0) is 13.8. The maximum atomic E-state index is 11.6. The van der Waals surface area contributed by atoms with Crippen molar-refractivity contribution in [1.29, 1.82) is 0 Å². The lowest BCUT2D eigenvalue weighted by Gasteiger charge is -2.27. The molecule has 0 saturated carbocycles. The molecule has 0 radical (unpaired) electrons. The molecule has 3 N–H and O–H groups in total. The topological polar surface area (TPSA) is 91.6 Å². The molecule has 2 amide bonds. The predicted molar refractivity (Wildman–Crippen MR) is 65.0 cm³/mol. The first-order chi connectivity index (χ1) is 8.30. The molecule has 1 aromatic rings. The number of rotatable bonds is 4. The smallest absolute Gasteiger partial charge is 0.326 e. The van der Waals surface area contributed by atoms with E-state index < -0.39 is 23.5 Å². The van der Waals surface area contributed by atoms with Crippen LogP contribution in [0.3, 0.4) is 0 Å². The fourth-order valence-electron chi connectivity index (χ4n) is 1.41. The molecule has 0 aliphatic carbocycles. The van der Waals surface area contributed by atoms with Crippen LogP contribution in [0, 0.1) is 5.41 Å². The Morgan fingerprint density at radius 3 is 2.56 bits per heavy atom. The van der Waals surface area contributed by atoms with E-state index in [1.54, 1.807) is 32.9 Å². The standard InChI is InChI=1S/C12H18N2O4/c1-12(2,3)9(10(15)16)14-11(17)13-7-8-5-4-6-18-8/h4-6,9H,7H2,1-3H3,(H,15,16)(H2,13,14,17)/t9-/m0/s1. The Labute approximate surface area is 105 Å². The second kappa shape index (κ2) is 5.57. The molecule has 0 bridgehead atoms. The number of furan rings is 1. The van der Waals surface area contributed by atoms with E-state index in [4.69, 9.17) is 9.52 Å². The van der Waals surface area contributed by atoms with Crippen molar-refractivity contribution < 1.29 is 19.1 Å². The average Bonchev–Trinajstić information content (AvgIpc) is 2.73. The Bertz CT molecular complexity index is 406. The van der Waals surface area contributed by atoms with Gasteiger partial charge in [0.05, 0.1) is 12.8 Å². The van der Waals surface area contributed by atoms with Crippen LogP contribution in [0.2, 0.25) is 0 Å². The molecule has 0 unspecified atom stereocenters. The minimum Gasteiger partial charge on any atom is -0.480 e. The molecule has 0 aliphatic heterocycles. The number of carboxylic acid groups (broad SMARTS) is 1. The second-order valence-corrected chi connectivity index (χ2v) is 5.04. The van der Waals surface area contributed by atoms with Gasteiger partial charge in [0.15, 0.2) is 0 Å². The van der Waals surface area contributed by atoms with Gasteiger partial charge in [-0.25, -0.2) is 9.59 Å². The van der Waals surface area contributed by atoms with E-state index in [9.17, 15) is 9.59 Å². The molecule has 1 heterocycles. The third-order valence-electron chi connectivity index (χ3n) is 2.39. The van der Waals surface area contributed by atoms with Crippen molar-refractivity contribution >= 4 is 12.0 Å². The molecule has 0 aliphatic rings. The average molecular weight is 254 g/mol. The minimum atomic E-state index is -1.06. The number of carboxylic acids is 1. The number of hydrogen-bond acceptors (Lipinski definition) is 3. The van der Waals surface area contributed by atoms with Gasteiger partial charge in [0.1, 0.15) is 11.8 Å². The van der Waals surface area contributed by atoms with E-state index in [1.807, 2.05) is 0 Å². The van der Waals surface area contributed by atoms with E-state index in [-0.39, 0.29) is 6.54 Å². The van der Waals surface area contributed by atoms with Crippen molar-refractivity contribution in [2.45, 2.75) is 33.4 Å². The van der Waals surface area contributed by atoms with Crippen LogP contribution >= 0.6 is 0 Å². The van der Waals surface area contributed by atoms with Gasteiger partial charge in [0, 0.05) is 0 Å². The largest absolute Gasteiger partial charge is 0.480 e. The molecule has 1 aromatic heterocycles. The summed E-state index contributed by atoms with van der Waals surface area (Å²) in [7, 11) is 0. The maximum Gasteiger partial charge on any atom is 0.326 e. The number of carbonyl (C=O) groups is 2. The van der Waals surface area contributed by atoms with E-state index in [0.717, 1.165) is 0 Å². The summed E-state index contributed by atoms with van der Waals surface area (Å²) in [6, 6.07) is 1.95. The van der Waals surface area contributed by atoms with Crippen LogP contribution in [0.4, 0.5) is 4.79 Å². The summed E-state index contributed by atoms with van der Waals surface area (Å²) < 4.78 is 5.04. The summed E-state index contributed by atoms with van der Waals surface area (Å²) in [5.74, 6) is -0.455. The van der Waals surface area contributed by atoms with Crippen molar-refractivity contribution in [3.8, 4) is 0 Å². The number of nitrogens with one attached hydrogen (secondary N) is 2. The predicted octanol–water partition coefficient (Wildman–Crippen LogP) is 1.58. The molecule has 100 valence electrons.